The number of rotatable bonds is 4. The number of nitrogens with zero attached hydrogens (tertiary/aromatic N) is 3. The highest BCUT2D eigenvalue weighted by atomic mass is 32.2. The first-order valence-electron chi connectivity index (χ1n) is 9.07. The first-order valence-corrected chi connectivity index (χ1v) is 10.5. The van der Waals surface area contributed by atoms with Crippen LogP contribution in [0.1, 0.15) is 17.4 Å². The van der Waals surface area contributed by atoms with Crippen LogP contribution in [0.25, 0.3) is 22.2 Å². The number of aromatic nitrogens is 4. The Morgan fingerprint density at radius 1 is 1.11 bits per heavy atom. The van der Waals surface area contributed by atoms with Gasteiger partial charge >= 0.3 is 0 Å². The van der Waals surface area contributed by atoms with Crippen LogP contribution in [-0.2, 0) is 10.0 Å². The molecule has 0 bridgehead atoms. The molecule has 3 heterocycles. The summed E-state index contributed by atoms with van der Waals surface area (Å²) in [6, 6.07) is 14.8. The molecule has 0 saturated carbocycles. The molecule has 5 rings (SSSR count). The number of fused-ring (bicyclic) bond motifs is 1. The molecule has 142 valence electrons. The lowest BCUT2D eigenvalue weighted by Gasteiger charge is -2.36. The predicted molar refractivity (Wildman–Crippen MR) is 106 cm³/mol. The van der Waals surface area contributed by atoms with E-state index in [-0.39, 0.29) is 5.92 Å². The van der Waals surface area contributed by atoms with Crippen molar-refractivity contribution in [3.8, 4) is 11.1 Å². The molecular formula is C20H19N5O2S. The lowest BCUT2D eigenvalue weighted by atomic mass is 10.0. The number of H-pyrrole nitrogens is 2. The van der Waals surface area contributed by atoms with Crippen molar-refractivity contribution in [2.45, 2.75) is 17.7 Å². The Morgan fingerprint density at radius 2 is 1.93 bits per heavy atom. The number of hydrogen-bond donors (Lipinski definition) is 2. The van der Waals surface area contributed by atoms with E-state index in [4.69, 9.17) is 0 Å². The number of aryl methyl sites for hydroxylation is 1. The summed E-state index contributed by atoms with van der Waals surface area (Å²) in [6.45, 7) is 2.77. The maximum absolute atomic E-state index is 13.0. The second-order valence-corrected chi connectivity index (χ2v) is 9.03. The fraction of sp³-hybridized carbons (Fsp3) is 0.200. The second kappa shape index (κ2) is 6.29. The highest BCUT2D eigenvalue weighted by molar-refractivity contribution is 7.89. The number of benzene rings is 2. The van der Waals surface area contributed by atoms with E-state index in [0.29, 0.717) is 18.0 Å². The Hall–Kier alpha value is -2.97. The average Bonchev–Trinajstić information content (AvgIpc) is 3.26. The van der Waals surface area contributed by atoms with Crippen molar-refractivity contribution in [3.63, 3.8) is 0 Å². The van der Waals surface area contributed by atoms with Crippen molar-refractivity contribution in [2.75, 3.05) is 13.1 Å². The zero-order valence-electron chi connectivity index (χ0n) is 15.3. The number of para-hydroxylation sites is 2. The summed E-state index contributed by atoms with van der Waals surface area (Å²) in [5.74, 6) is 0.928. The minimum Gasteiger partial charge on any atom is -0.342 e. The van der Waals surface area contributed by atoms with E-state index in [1.807, 2.05) is 37.3 Å². The number of hydrogen-bond acceptors (Lipinski definition) is 4. The molecule has 28 heavy (non-hydrogen) atoms. The van der Waals surface area contributed by atoms with Crippen LogP contribution in [0.4, 0.5) is 0 Å². The smallest absolute Gasteiger partial charge is 0.243 e. The lowest BCUT2D eigenvalue weighted by molar-refractivity contribution is 0.257. The van der Waals surface area contributed by atoms with Gasteiger partial charge < -0.3 is 4.98 Å². The van der Waals surface area contributed by atoms with Crippen LogP contribution in [0.15, 0.2) is 59.6 Å². The maximum atomic E-state index is 13.0. The number of imidazole rings is 1. The molecule has 0 spiro atoms. The van der Waals surface area contributed by atoms with E-state index in [1.165, 1.54) is 4.31 Å². The van der Waals surface area contributed by atoms with Gasteiger partial charge in [0.1, 0.15) is 5.82 Å². The van der Waals surface area contributed by atoms with E-state index in [0.717, 1.165) is 33.7 Å². The van der Waals surface area contributed by atoms with Gasteiger partial charge in [0.15, 0.2) is 0 Å². The minimum absolute atomic E-state index is 0.0847. The van der Waals surface area contributed by atoms with Crippen molar-refractivity contribution in [3.05, 3.63) is 66.2 Å². The molecule has 2 N–H and O–H groups in total. The Kier molecular flexibility index (Phi) is 3.85. The van der Waals surface area contributed by atoms with Gasteiger partial charge in [-0.2, -0.15) is 9.40 Å². The summed E-state index contributed by atoms with van der Waals surface area (Å²) in [5, 5.41) is 6.90. The summed E-state index contributed by atoms with van der Waals surface area (Å²) in [4.78, 5) is 8.19. The van der Waals surface area contributed by atoms with Crippen LogP contribution < -0.4 is 0 Å². The Bertz CT molecular complexity index is 1240. The van der Waals surface area contributed by atoms with Gasteiger partial charge in [-0.05, 0) is 36.8 Å². The molecule has 7 nitrogen and oxygen atoms in total. The van der Waals surface area contributed by atoms with Crippen LogP contribution in [-0.4, -0.2) is 46.0 Å². The normalized spacial score (nSPS) is 15.8. The molecule has 1 aliphatic heterocycles. The summed E-state index contributed by atoms with van der Waals surface area (Å²) >= 11 is 0. The summed E-state index contributed by atoms with van der Waals surface area (Å²) in [5.41, 5.74) is 4.52. The van der Waals surface area contributed by atoms with Gasteiger partial charge in [-0.15, -0.1) is 0 Å². The molecule has 0 aliphatic carbocycles. The highest BCUT2D eigenvalue weighted by Gasteiger charge is 2.39. The molecule has 2 aromatic heterocycles. The van der Waals surface area contributed by atoms with Gasteiger partial charge in [0.25, 0.3) is 0 Å². The molecule has 8 heteroatoms. The molecule has 1 aliphatic rings. The van der Waals surface area contributed by atoms with Gasteiger partial charge in [-0.1, -0.05) is 24.3 Å². The SMILES string of the molecule is Cc1[nH]ncc1-c1cccc(S(=O)(=O)N2CC(c3nc4ccccc4[nH]3)C2)c1. The number of aromatic amines is 2. The van der Waals surface area contributed by atoms with Gasteiger partial charge in [0.05, 0.1) is 22.1 Å². The Morgan fingerprint density at radius 3 is 2.68 bits per heavy atom. The summed E-state index contributed by atoms with van der Waals surface area (Å²) in [7, 11) is -3.54. The highest BCUT2D eigenvalue weighted by Crippen LogP contribution is 2.33. The molecule has 0 amide bonds. The van der Waals surface area contributed by atoms with Crippen molar-refractivity contribution < 1.29 is 8.42 Å². The van der Waals surface area contributed by atoms with E-state index in [1.54, 1.807) is 24.4 Å². The maximum Gasteiger partial charge on any atom is 0.243 e. The van der Waals surface area contributed by atoms with Gasteiger partial charge in [-0.25, -0.2) is 13.4 Å². The molecular weight excluding hydrogens is 374 g/mol. The van der Waals surface area contributed by atoms with Crippen LogP contribution in [0.3, 0.4) is 0 Å². The fourth-order valence-corrected chi connectivity index (χ4v) is 5.17. The first-order chi connectivity index (χ1) is 13.5. The summed E-state index contributed by atoms with van der Waals surface area (Å²) < 4.78 is 27.6. The largest absolute Gasteiger partial charge is 0.342 e. The molecule has 0 radical (unpaired) electrons. The quantitative estimate of drug-likeness (QED) is 0.557. The van der Waals surface area contributed by atoms with Crippen LogP contribution in [0, 0.1) is 6.92 Å². The van der Waals surface area contributed by atoms with Gasteiger partial charge in [-0.3, -0.25) is 5.10 Å². The predicted octanol–water partition coefficient (Wildman–Crippen LogP) is 3.05. The molecule has 0 atom stereocenters. The fourth-order valence-electron chi connectivity index (χ4n) is 3.59. The Balaban J connectivity index is 1.38. The third kappa shape index (κ3) is 2.73. The van der Waals surface area contributed by atoms with Gasteiger partial charge in [0.2, 0.25) is 10.0 Å². The monoisotopic (exact) mass is 393 g/mol. The summed E-state index contributed by atoms with van der Waals surface area (Å²) in [6.07, 6.45) is 1.71. The number of nitrogens with one attached hydrogen (secondary N) is 2. The zero-order valence-corrected chi connectivity index (χ0v) is 16.1. The lowest BCUT2D eigenvalue weighted by Crippen LogP contribution is -2.48. The zero-order chi connectivity index (χ0) is 19.3. The van der Waals surface area contributed by atoms with Crippen molar-refractivity contribution >= 4 is 21.1 Å². The van der Waals surface area contributed by atoms with Gasteiger partial charge in [0, 0.05) is 30.3 Å². The third-order valence-electron chi connectivity index (χ3n) is 5.26. The van der Waals surface area contributed by atoms with Crippen LogP contribution in [0.5, 0.6) is 0 Å². The van der Waals surface area contributed by atoms with E-state index < -0.39 is 10.0 Å². The van der Waals surface area contributed by atoms with E-state index in [2.05, 4.69) is 20.2 Å². The van der Waals surface area contributed by atoms with Crippen LogP contribution in [0.2, 0.25) is 0 Å². The minimum atomic E-state index is -3.54. The second-order valence-electron chi connectivity index (χ2n) is 7.09. The molecule has 1 saturated heterocycles. The van der Waals surface area contributed by atoms with Crippen molar-refractivity contribution in [1.29, 1.82) is 0 Å². The molecule has 4 aromatic rings. The molecule has 2 aromatic carbocycles. The number of sulfonamides is 1. The van der Waals surface area contributed by atoms with Crippen LogP contribution >= 0.6 is 0 Å². The van der Waals surface area contributed by atoms with E-state index in [9.17, 15) is 8.42 Å². The Labute approximate surface area is 162 Å². The van der Waals surface area contributed by atoms with E-state index >= 15 is 0 Å². The topological polar surface area (TPSA) is 94.7 Å². The average molecular weight is 393 g/mol. The molecule has 1 fully saturated rings. The first kappa shape index (κ1) is 17.2. The van der Waals surface area contributed by atoms with Crippen molar-refractivity contribution in [1.82, 2.24) is 24.5 Å². The third-order valence-corrected chi connectivity index (χ3v) is 7.08. The standard InChI is InChI=1S/C20H19N5O2S/c1-13-17(10-21-24-13)14-5-4-6-16(9-14)28(26,27)25-11-15(12-25)20-22-18-7-2-3-8-19(18)23-20/h2-10,15H,11-12H2,1H3,(H,21,24)(H,22,23). The molecule has 0 unspecified atom stereocenters. The van der Waals surface area contributed by atoms with Crippen molar-refractivity contribution in [2.24, 2.45) is 0 Å².